The number of ether oxygens (including phenoxy) is 1. The number of hydrogen-bond donors (Lipinski definition) is 1. The minimum Gasteiger partial charge on any atom is -0.444 e. The fourth-order valence-electron chi connectivity index (χ4n) is 3.53. The molecule has 0 spiro atoms. The van der Waals surface area contributed by atoms with E-state index in [1.54, 1.807) is 17.0 Å². The number of carbonyl (C=O) groups excluding carboxylic acids is 1. The zero-order valence-corrected chi connectivity index (χ0v) is 15.5. The topological polar surface area (TPSA) is 49.2 Å². The van der Waals surface area contributed by atoms with Crippen LogP contribution < -0.4 is 5.32 Å². The van der Waals surface area contributed by atoms with Crippen LogP contribution in [0.3, 0.4) is 0 Å². The Hall–Kier alpha value is -2.17. The van der Waals surface area contributed by atoms with Crippen molar-refractivity contribution in [3.63, 3.8) is 0 Å². The van der Waals surface area contributed by atoms with E-state index in [2.05, 4.69) is 15.1 Å². The minimum absolute atomic E-state index is 0.0194. The summed E-state index contributed by atoms with van der Waals surface area (Å²) in [4.78, 5) is 20.1. The monoisotopic (exact) mass is 360 g/mol. The van der Waals surface area contributed by atoms with E-state index in [-0.39, 0.29) is 23.9 Å². The quantitative estimate of drug-likeness (QED) is 0.783. The Kier molecular flexibility index (Phi) is 5.17. The highest BCUT2D eigenvalue weighted by molar-refractivity contribution is 5.69. The van der Waals surface area contributed by atoms with E-state index in [1.807, 2.05) is 20.8 Å². The van der Waals surface area contributed by atoms with Crippen molar-refractivity contribution in [2.75, 3.05) is 32.7 Å². The Morgan fingerprint density at radius 1 is 1.38 bits per heavy atom. The van der Waals surface area contributed by atoms with E-state index in [1.165, 1.54) is 6.07 Å². The normalized spacial score (nSPS) is 23.9. The van der Waals surface area contributed by atoms with Gasteiger partial charge in [0.25, 0.3) is 0 Å². The second-order valence-corrected chi connectivity index (χ2v) is 7.82. The lowest BCUT2D eigenvalue weighted by Gasteiger charge is -2.48. The lowest BCUT2D eigenvalue weighted by atomic mass is 9.98. The number of nitrogens with zero attached hydrogens (tertiary/aromatic N) is 3. The summed E-state index contributed by atoms with van der Waals surface area (Å²) >= 11 is 0. The molecule has 2 atom stereocenters. The van der Waals surface area contributed by atoms with Gasteiger partial charge in [0.1, 0.15) is 11.4 Å². The van der Waals surface area contributed by atoms with Gasteiger partial charge in [0.2, 0.25) is 5.69 Å². The van der Waals surface area contributed by atoms with Gasteiger partial charge in [-0.2, -0.15) is 0 Å². The van der Waals surface area contributed by atoms with E-state index in [4.69, 9.17) is 11.3 Å². The zero-order chi connectivity index (χ0) is 18.9. The number of carbonyl (C=O) groups is 1. The van der Waals surface area contributed by atoms with Crippen molar-refractivity contribution in [2.45, 2.75) is 38.5 Å². The van der Waals surface area contributed by atoms with Gasteiger partial charge in [-0.1, -0.05) is 6.07 Å². The Balaban J connectivity index is 1.92. The number of piperazine rings is 2. The molecule has 2 saturated heterocycles. The number of hydrogen-bond acceptors (Lipinski definition) is 4. The standard InChI is InChI=1S/C19H25FN4O2/c1-19(2,3)26-18(25)24-11-14-10-22-7-8-23(14)12-17(24)13-5-6-15(20)16(9-13)21-4/h5-6,9,14,17,22H,7-8,10-12H2,1-3H3/t14-,17-/m0/s1. The van der Waals surface area contributed by atoms with Crippen LogP contribution in [-0.4, -0.2) is 60.3 Å². The lowest BCUT2D eigenvalue weighted by Crippen LogP contribution is -2.63. The highest BCUT2D eigenvalue weighted by Gasteiger charge is 2.39. The summed E-state index contributed by atoms with van der Waals surface area (Å²) < 4.78 is 19.3. The third-order valence-corrected chi connectivity index (χ3v) is 4.77. The highest BCUT2D eigenvalue weighted by atomic mass is 19.1. The first-order valence-electron chi connectivity index (χ1n) is 8.90. The van der Waals surface area contributed by atoms with E-state index in [9.17, 15) is 9.18 Å². The summed E-state index contributed by atoms with van der Waals surface area (Å²) in [6, 6.07) is 4.48. The molecule has 0 aromatic heterocycles. The van der Waals surface area contributed by atoms with Gasteiger partial charge in [0.15, 0.2) is 0 Å². The van der Waals surface area contributed by atoms with Crippen molar-refractivity contribution in [1.82, 2.24) is 15.1 Å². The molecule has 1 N–H and O–H groups in total. The SMILES string of the molecule is [C-]#[N+]c1cc([C@@H]2CN3CCNC[C@H]3CN2C(=O)OC(C)(C)C)ccc1F. The predicted molar refractivity (Wildman–Crippen MR) is 96.6 cm³/mol. The van der Waals surface area contributed by atoms with Crippen LogP contribution in [0, 0.1) is 12.4 Å². The van der Waals surface area contributed by atoms with Gasteiger partial charge in [0, 0.05) is 38.8 Å². The molecule has 3 rings (SSSR count). The Labute approximate surface area is 153 Å². The molecule has 1 aromatic rings. The molecule has 6 nitrogen and oxygen atoms in total. The summed E-state index contributed by atoms with van der Waals surface area (Å²) in [5, 5.41) is 3.36. The van der Waals surface area contributed by atoms with Gasteiger partial charge in [0.05, 0.1) is 12.6 Å². The molecule has 0 unspecified atom stereocenters. The largest absolute Gasteiger partial charge is 0.444 e. The molecule has 0 saturated carbocycles. The molecular weight excluding hydrogens is 335 g/mol. The van der Waals surface area contributed by atoms with Crippen molar-refractivity contribution < 1.29 is 13.9 Å². The maximum atomic E-state index is 13.7. The molecule has 2 fully saturated rings. The first-order valence-corrected chi connectivity index (χ1v) is 8.90. The van der Waals surface area contributed by atoms with Crippen molar-refractivity contribution in [2.24, 2.45) is 0 Å². The van der Waals surface area contributed by atoms with Gasteiger partial charge in [-0.3, -0.25) is 9.80 Å². The van der Waals surface area contributed by atoms with Crippen LogP contribution in [0.15, 0.2) is 18.2 Å². The summed E-state index contributed by atoms with van der Waals surface area (Å²) in [7, 11) is 0. The molecule has 0 bridgehead atoms. The molecule has 26 heavy (non-hydrogen) atoms. The summed E-state index contributed by atoms with van der Waals surface area (Å²) in [5.74, 6) is -0.538. The molecule has 1 amide bonds. The molecule has 1 aromatic carbocycles. The van der Waals surface area contributed by atoms with E-state index in [0.29, 0.717) is 13.1 Å². The maximum Gasteiger partial charge on any atom is 0.410 e. The van der Waals surface area contributed by atoms with Gasteiger partial charge in [-0.05, 0) is 38.5 Å². The van der Waals surface area contributed by atoms with Crippen LogP contribution in [-0.2, 0) is 4.74 Å². The van der Waals surface area contributed by atoms with Crippen LogP contribution >= 0.6 is 0 Å². The molecular formula is C19H25FN4O2. The number of amides is 1. The highest BCUT2D eigenvalue weighted by Crippen LogP contribution is 2.32. The van der Waals surface area contributed by atoms with Crippen LogP contribution in [0.1, 0.15) is 32.4 Å². The third kappa shape index (κ3) is 3.97. The van der Waals surface area contributed by atoms with E-state index in [0.717, 1.165) is 25.2 Å². The molecule has 2 aliphatic heterocycles. The smallest absolute Gasteiger partial charge is 0.410 e. The first kappa shape index (κ1) is 18.6. The molecule has 2 heterocycles. The van der Waals surface area contributed by atoms with Gasteiger partial charge in [-0.15, -0.1) is 0 Å². The van der Waals surface area contributed by atoms with Crippen LogP contribution in [0.5, 0.6) is 0 Å². The molecule has 0 aliphatic carbocycles. The van der Waals surface area contributed by atoms with Crippen molar-refractivity contribution >= 4 is 11.8 Å². The Morgan fingerprint density at radius 2 is 2.15 bits per heavy atom. The average Bonchev–Trinajstić information content (AvgIpc) is 2.59. The molecule has 7 heteroatoms. The second kappa shape index (κ2) is 7.22. The van der Waals surface area contributed by atoms with Crippen molar-refractivity contribution in [1.29, 1.82) is 0 Å². The Morgan fingerprint density at radius 3 is 2.85 bits per heavy atom. The van der Waals surface area contributed by atoms with Crippen molar-refractivity contribution in [3.8, 4) is 0 Å². The third-order valence-electron chi connectivity index (χ3n) is 4.77. The van der Waals surface area contributed by atoms with Crippen LogP contribution in [0.25, 0.3) is 4.85 Å². The number of nitrogens with one attached hydrogen (secondary N) is 1. The zero-order valence-electron chi connectivity index (χ0n) is 15.5. The van der Waals surface area contributed by atoms with Crippen molar-refractivity contribution in [3.05, 3.63) is 41.0 Å². The van der Waals surface area contributed by atoms with Gasteiger partial charge < -0.3 is 10.1 Å². The Bertz CT molecular complexity index is 725. The maximum absolute atomic E-state index is 13.7. The number of benzene rings is 1. The number of halogens is 1. The predicted octanol–water partition coefficient (Wildman–Crippen LogP) is 2.94. The van der Waals surface area contributed by atoms with E-state index >= 15 is 0 Å². The fourth-order valence-corrected chi connectivity index (χ4v) is 3.53. The van der Waals surface area contributed by atoms with Crippen LogP contribution in [0.4, 0.5) is 14.9 Å². The van der Waals surface area contributed by atoms with E-state index < -0.39 is 11.4 Å². The molecule has 2 aliphatic rings. The summed E-state index contributed by atoms with van der Waals surface area (Å²) in [6.45, 7) is 16.5. The van der Waals surface area contributed by atoms with Gasteiger partial charge >= 0.3 is 6.09 Å². The summed E-state index contributed by atoms with van der Waals surface area (Å²) in [6.07, 6.45) is -0.374. The summed E-state index contributed by atoms with van der Waals surface area (Å²) in [5.41, 5.74) is 0.156. The minimum atomic E-state index is -0.589. The van der Waals surface area contributed by atoms with Gasteiger partial charge in [-0.25, -0.2) is 14.0 Å². The van der Waals surface area contributed by atoms with Crippen LogP contribution in [0.2, 0.25) is 0 Å². The number of rotatable bonds is 1. The fraction of sp³-hybridized carbons (Fsp3) is 0.579. The first-order chi connectivity index (χ1) is 12.3. The molecule has 140 valence electrons. The number of fused-ring (bicyclic) bond motifs is 1. The second-order valence-electron chi connectivity index (χ2n) is 7.82. The molecule has 0 radical (unpaired) electrons. The average molecular weight is 360 g/mol. The lowest BCUT2D eigenvalue weighted by molar-refractivity contribution is -0.0211.